The lowest BCUT2D eigenvalue weighted by atomic mass is 9.97. The highest BCUT2D eigenvalue weighted by atomic mass is 32.2. The van der Waals surface area contributed by atoms with Crippen molar-refractivity contribution in [1.82, 2.24) is 9.80 Å². The van der Waals surface area contributed by atoms with E-state index in [1.54, 1.807) is 17.2 Å². The predicted molar refractivity (Wildman–Crippen MR) is 91.0 cm³/mol. The fourth-order valence-corrected chi connectivity index (χ4v) is 3.93. The third-order valence-electron chi connectivity index (χ3n) is 4.00. The molecule has 122 valence electrons. The first-order chi connectivity index (χ1) is 11.0. The van der Waals surface area contributed by atoms with Crippen molar-refractivity contribution >= 4 is 40.1 Å². The Morgan fingerprint density at radius 2 is 2.22 bits per heavy atom. The lowest BCUT2D eigenvalue weighted by molar-refractivity contribution is -0.124. The molecule has 23 heavy (non-hydrogen) atoms. The Hall–Kier alpha value is -1.80. The maximum Gasteiger partial charge on any atom is 0.268 e. The summed E-state index contributed by atoms with van der Waals surface area (Å²) in [5.41, 5.74) is 5.34. The molecule has 3 heterocycles. The van der Waals surface area contributed by atoms with Gasteiger partial charge in [-0.3, -0.25) is 14.5 Å². The zero-order valence-corrected chi connectivity index (χ0v) is 14.1. The minimum absolute atomic E-state index is 0.0619. The molecule has 2 saturated heterocycles. The number of thioether (sulfide) groups is 1. The standard InChI is InChI=1S/C15H17N3O3S2/c16-13(19)10-3-5-17(6-4-10)9-12-14(20)18(15(22)23-12)8-11-2-1-7-21-11/h1-2,7,9-10H,3-6,8H2,(H2,16,19)/b12-9+. The highest BCUT2D eigenvalue weighted by molar-refractivity contribution is 8.26. The first-order valence-corrected chi connectivity index (χ1v) is 8.58. The van der Waals surface area contributed by atoms with Crippen LogP contribution in [-0.4, -0.2) is 39.0 Å². The van der Waals surface area contributed by atoms with Gasteiger partial charge in [-0.05, 0) is 25.0 Å². The number of nitrogens with two attached hydrogens (primary N) is 1. The number of thiocarbonyl (C=S) groups is 1. The summed E-state index contributed by atoms with van der Waals surface area (Å²) in [5.74, 6) is 0.292. The van der Waals surface area contributed by atoms with E-state index in [0.717, 1.165) is 25.9 Å². The van der Waals surface area contributed by atoms with Crippen molar-refractivity contribution < 1.29 is 14.0 Å². The van der Waals surface area contributed by atoms with E-state index in [-0.39, 0.29) is 17.7 Å². The van der Waals surface area contributed by atoms with Gasteiger partial charge in [-0.2, -0.15) is 0 Å². The van der Waals surface area contributed by atoms with E-state index >= 15 is 0 Å². The molecule has 6 nitrogen and oxygen atoms in total. The van der Waals surface area contributed by atoms with Crippen LogP contribution in [0.2, 0.25) is 0 Å². The fraction of sp³-hybridized carbons (Fsp3) is 0.400. The first kappa shape index (κ1) is 16.1. The molecule has 2 amide bonds. The van der Waals surface area contributed by atoms with E-state index < -0.39 is 0 Å². The molecule has 0 unspecified atom stereocenters. The highest BCUT2D eigenvalue weighted by Crippen LogP contribution is 2.33. The number of carbonyl (C=O) groups is 2. The lowest BCUT2D eigenvalue weighted by Gasteiger charge is -2.29. The summed E-state index contributed by atoms with van der Waals surface area (Å²) < 4.78 is 5.81. The number of likely N-dealkylation sites (tertiary alicyclic amines) is 1. The Morgan fingerprint density at radius 1 is 1.48 bits per heavy atom. The number of carbonyl (C=O) groups excluding carboxylic acids is 2. The van der Waals surface area contributed by atoms with Crippen LogP contribution in [0.15, 0.2) is 33.9 Å². The van der Waals surface area contributed by atoms with Gasteiger partial charge < -0.3 is 15.1 Å². The Kier molecular flexibility index (Phi) is 4.72. The van der Waals surface area contributed by atoms with Gasteiger partial charge in [0, 0.05) is 25.2 Å². The van der Waals surface area contributed by atoms with Crippen LogP contribution in [0.4, 0.5) is 0 Å². The summed E-state index contributed by atoms with van der Waals surface area (Å²) in [4.78, 5) is 27.9. The van der Waals surface area contributed by atoms with Gasteiger partial charge in [0.15, 0.2) is 0 Å². The largest absolute Gasteiger partial charge is 0.467 e. The van der Waals surface area contributed by atoms with E-state index in [1.807, 2.05) is 12.3 Å². The maximum absolute atomic E-state index is 12.5. The molecule has 1 aromatic heterocycles. The summed E-state index contributed by atoms with van der Waals surface area (Å²) in [7, 11) is 0. The number of nitrogens with zero attached hydrogens (tertiary/aromatic N) is 2. The van der Waals surface area contributed by atoms with Crippen molar-refractivity contribution in [2.45, 2.75) is 19.4 Å². The van der Waals surface area contributed by atoms with Gasteiger partial charge >= 0.3 is 0 Å². The van der Waals surface area contributed by atoms with E-state index in [9.17, 15) is 9.59 Å². The summed E-state index contributed by atoms with van der Waals surface area (Å²) in [6.45, 7) is 1.78. The summed E-state index contributed by atoms with van der Waals surface area (Å²) in [6.07, 6.45) is 4.86. The van der Waals surface area contributed by atoms with Crippen LogP contribution in [0.3, 0.4) is 0 Å². The number of furan rings is 1. The van der Waals surface area contributed by atoms with Crippen LogP contribution < -0.4 is 5.73 Å². The van der Waals surface area contributed by atoms with Crippen molar-refractivity contribution in [3.8, 4) is 0 Å². The molecule has 2 fully saturated rings. The number of hydrogen-bond donors (Lipinski definition) is 1. The van der Waals surface area contributed by atoms with Crippen molar-refractivity contribution in [1.29, 1.82) is 0 Å². The second kappa shape index (κ2) is 6.76. The third kappa shape index (κ3) is 3.59. The number of primary amides is 1. The van der Waals surface area contributed by atoms with Gasteiger partial charge in [-0.15, -0.1) is 0 Å². The molecular formula is C15H17N3O3S2. The first-order valence-electron chi connectivity index (χ1n) is 7.36. The monoisotopic (exact) mass is 351 g/mol. The molecular weight excluding hydrogens is 334 g/mol. The third-order valence-corrected chi connectivity index (χ3v) is 5.36. The summed E-state index contributed by atoms with van der Waals surface area (Å²) >= 11 is 6.59. The number of amides is 2. The van der Waals surface area contributed by atoms with Crippen molar-refractivity contribution in [3.05, 3.63) is 35.3 Å². The Balaban J connectivity index is 1.64. The zero-order chi connectivity index (χ0) is 16.4. The van der Waals surface area contributed by atoms with Crippen LogP contribution in [0.1, 0.15) is 18.6 Å². The number of rotatable bonds is 4. The van der Waals surface area contributed by atoms with Crippen LogP contribution >= 0.6 is 24.0 Å². The molecule has 0 spiro atoms. The molecule has 2 aliphatic rings. The molecule has 0 aromatic carbocycles. The highest BCUT2D eigenvalue weighted by Gasteiger charge is 2.33. The lowest BCUT2D eigenvalue weighted by Crippen LogP contribution is -2.36. The molecule has 0 saturated carbocycles. The number of hydrogen-bond acceptors (Lipinski definition) is 6. The van der Waals surface area contributed by atoms with E-state index in [1.165, 1.54) is 11.8 Å². The van der Waals surface area contributed by atoms with Gasteiger partial charge in [0.25, 0.3) is 5.91 Å². The second-order valence-corrected chi connectivity index (χ2v) is 7.22. The van der Waals surface area contributed by atoms with Crippen molar-refractivity contribution in [3.63, 3.8) is 0 Å². The van der Waals surface area contributed by atoms with Gasteiger partial charge in [0.1, 0.15) is 10.1 Å². The molecule has 0 radical (unpaired) electrons. The Bertz CT molecular complexity index is 649. The molecule has 0 bridgehead atoms. The topological polar surface area (TPSA) is 79.8 Å². The average molecular weight is 351 g/mol. The molecule has 3 rings (SSSR count). The van der Waals surface area contributed by atoms with Gasteiger partial charge in [0.2, 0.25) is 5.91 Å². The van der Waals surface area contributed by atoms with Crippen molar-refractivity contribution in [2.75, 3.05) is 13.1 Å². The Labute approximate surface area is 143 Å². The Morgan fingerprint density at radius 3 is 2.83 bits per heavy atom. The normalized spacial score (nSPS) is 21.5. The molecule has 8 heteroatoms. The smallest absolute Gasteiger partial charge is 0.268 e. The van der Waals surface area contributed by atoms with E-state index in [2.05, 4.69) is 4.90 Å². The SMILES string of the molecule is NC(=O)C1CCN(/C=C2/SC(=S)N(Cc3ccco3)C2=O)CC1. The number of piperidine rings is 1. The summed E-state index contributed by atoms with van der Waals surface area (Å²) in [5, 5.41) is 0. The quantitative estimate of drug-likeness (QED) is 0.657. The van der Waals surface area contributed by atoms with Crippen LogP contribution in [0.25, 0.3) is 0 Å². The van der Waals surface area contributed by atoms with Crippen LogP contribution in [0, 0.1) is 5.92 Å². The van der Waals surface area contributed by atoms with E-state index in [4.69, 9.17) is 22.4 Å². The maximum atomic E-state index is 12.5. The summed E-state index contributed by atoms with van der Waals surface area (Å²) in [6, 6.07) is 3.60. The van der Waals surface area contributed by atoms with E-state index in [0.29, 0.717) is 21.5 Å². The predicted octanol–water partition coefficient (Wildman–Crippen LogP) is 1.68. The molecule has 0 aliphatic carbocycles. The molecule has 2 N–H and O–H groups in total. The van der Waals surface area contributed by atoms with Gasteiger partial charge in [-0.1, -0.05) is 24.0 Å². The van der Waals surface area contributed by atoms with Crippen LogP contribution in [0.5, 0.6) is 0 Å². The van der Waals surface area contributed by atoms with Gasteiger partial charge in [-0.25, -0.2) is 0 Å². The molecule has 1 aromatic rings. The zero-order valence-electron chi connectivity index (χ0n) is 12.4. The van der Waals surface area contributed by atoms with Crippen molar-refractivity contribution in [2.24, 2.45) is 11.7 Å². The fourth-order valence-electron chi connectivity index (χ4n) is 2.66. The van der Waals surface area contributed by atoms with Crippen LogP contribution in [-0.2, 0) is 16.1 Å². The minimum atomic E-state index is -0.241. The molecule has 2 aliphatic heterocycles. The minimum Gasteiger partial charge on any atom is -0.467 e. The molecule has 0 atom stereocenters. The van der Waals surface area contributed by atoms with Gasteiger partial charge in [0.05, 0.1) is 17.7 Å². The second-order valence-electron chi connectivity index (χ2n) is 5.54. The average Bonchev–Trinajstić information content (AvgIpc) is 3.12.